The molecule has 4 heteroatoms. The van der Waals surface area contributed by atoms with E-state index >= 15 is 0 Å². The first-order valence-corrected chi connectivity index (χ1v) is 10.6. The molecular formula is C23H32N2O2. The zero-order chi connectivity index (χ0) is 19.0. The lowest BCUT2D eigenvalue weighted by Gasteiger charge is -2.48. The normalized spacial score (nSPS) is 25.9. The minimum atomic E-state index is 0.125. The van der Waals surface area contributed by atoms with Gasteiger partial charge in [0.1, 0.15) is 0 Å². The van der Waals surface area contributed by atoms with Crippen LogP contribution >= 0.6 is 0 Å². The third-order valence-electron chi connectivity index (χ3n) is 6.86. The molecule has 1 spiro atoms. The van der Waals surface area contributed by atoms with Crippen LogP contribution in [0.2, 0.25) is 0 Å². The molecule has 0 radical (unpaired) electrons. The first-order valence-electron chi connectivity index (χ1n) is 10.6. The summed E-state index contributed by atoms with van der Waals surface area (Å²) in [6, 6.07) is 6.33. The first kappa shape index (κ1) is 18.5. The van der Waals surface area contributed by atoms with Crippen molar-refractivity contribution in [2.75, 3.05) is 26.2 Å². The Morgan fingerprint density at radius 3 is 2.70 bits per heavy atom. The van der Waals surface area contributed by atoms with Crippen molar-refractivity contribution in [1.82, 2.24) is 9.80 Å². The summed E-state index contributed by atoms with van der Waals surface area (Å²) in [7, 11) is 0. The van der Waals surface area contributed by atoms with Gasteiger partial charge in [0.25, 0.3) is 0 Å². The first-order chi connectivity index (χ1) is 12.9. The monoisotopic (exact) mass is 368 g/mol. The van der Waals surface area contributed by atoms with Gasteiger partial charge in [0, 0.05) is 38.0 Å². The van der Waals surface area contributed by atoms with E-state index in [-0.39, 0.29) is 11.3 Å². The summed E-state index contributed by atoms with van der Waals surface area (Å²) in [5, 5.41) is 0. The summed E-state index contributed by atoms with van der Waals surface area (Å²) < 4.78 is 0. The average molecular weight is 369 g/mol. The fourth-order valence-corrected chi connectivity index (χ4v) is 4.83. The van der Waals surface area contributed by atoms with Crippen LogP contribution in [0, 0.1) is 25.2 Å². The Labute approximate surface area is 162 Å². The molecule has 3 fully saturated rings. The second kappa shape index (κ2) is 7.29. The molecule has 4 rings (SSSR count). The predicted octanol–water partition coefficient (Wildman–Crippen LogP) is 3.49. The average Bonchev–Trinajstić information content (AvgIpc) is 3.46. The number of carbonyl (C=O) groups excluding carboxylic acids is 2. The molecule has 2 heterocycles. The van der Waals surface area contributed by atoms with E-state index in [0.717, 1.165) is 56.9 Å². The Balaban J connectivity index is 1.41. The lowest BCUT2D eigenvalue weighted by molar-refractivity contribution is -0.143. The van der Waals surface area contributed by atoms with Gasteiger partial charge < -0.3 is 9.80 Å². The molecule has 0 aromatic heterocycles. The van der Waals surface area contributed by atoms with Gasteiger partial charge in [0.2, 0.25) is 11.8 Å². The number of amides is 2. The van der Waals surface area contributed by atoms with Crippen molar-refractivity contribution < 1.29 is 9.59 Å². The van der Waals surface area contributed by atoms with Crippen molar-refractivity contribution in [2.24, 2.45) is 11.3 Å². The largest absolute Gasteiger partial charge is 0.342 e. The molecule has 1 aromatic carbocycles. The molecule has 1 aromatic rings. The van der Waals surface area contributed by atoms with Gasteiger partial charge in [0.15, 0.2) is 0 Å². The maximum Gasteiger partial charge on any atom is 0.227 e. The van der Waals surface area contributed by atoms with E-state index in [1.54, 1.807) is 0 Å². The van der Waals surface area contributed by atoms with Gasteiger partial charge >= 0.3 is 0 Å². The molecule has 146 valence electrons. The van der Waals surface area contributed by atoms with Crippen LogP contribution in [0.4, 0.5) is 0 Å². The molecule has 0 bridgehead atoms. The zero-order valence-electron chi connectivity index (χ0n) is 16.8. The summed E-state index contributed by atoms with van der Waals surface area (Å²) in [4.78, 5) is 29.5. The van der Waals surface area contributed by atoms with Gasteiger partial charge in [-0.25, -0.2) is 0 Å². The molecule has 2 amide bonds. The molecule has 2 saturated heterocycles. The third-order valence-corrected chi connectivity index (χ3v) is 6.86. The Morgan fingerprint density at radius 2 is 1.96 bits per heavy atom. The van der Waals surface area contributed by atoms with Crippen molar-refractivity contribution in [1.29, 1.82) is 0 Å². The van der Waals surface area contributed by atoms with Crippen molar-refractivity contribution in [3.8, 4) is 0 Å². The van der Waals surface area contributed by atoms with Crippen LogP contribution < -0.4 is 0 Å². The van der Waals surface area contributed by atoms with E-state index in [2.05, 4.69) is 41.8 Å². The topological polar surface area (TPSA) is 40.6 Å². The Bertz CT molecular complexity index is 740. The van der Waals surface area contributed by atoms with E-state index in [9.17, 15) is 9.59 Å². The molecule has 1 saturated carbocycles. The predicted molar refractivity (Wildman–Crippen MR) is 106 cm³/mol. The number of aryl methyl sites for hydroxylation is 2. The molecule has 1 atom stereocenters. The van der Waals surface area contributed by atoms with Crippen LogP contribution in [0.3, 0.4) is 0 Å². The van der Waals surface area contributed by atoms with Crippen molar-refractivity contribution in [2.45, 2.75) is 58.8 Å². The maximum atomic E-state index is 13.0. The molecule has 3 aliphatic rings. The molecule has 0 N–H and O–H groups in total. The Hall–Kier alpha value is -1.84. The molecule has 2 aliphatic heterocycles. The van der Waals surface area contributed by atoms with Gasteiger partial charge in [-0.1, -0.05) is 18.2 Å². The summed E-state index contributed by atoms with van der Waals surface area (Å²) in [5.41, 5.74) is 3.75. The van der Waals surface area contributed by atoms with Crippen LogP contribution in [0.25, 0.3) is 0 Å². The number of nitrogens with zero attached hydrogens (tertiary/aromatic N) is 2. The zero-order valence-corrected chi connectivity index (χ0v) is 16.8. The maximum absolute atomic E-state index is 13.0. The second-order valence-electron chi connectivity index (χ2n) is 9.23. The van der Waals surface area contributed by atoms with Crippen molar-refractivity contribution >= 4 is 11.8 Å². The number of piperidine rings is 2. The number of likely N-dealkylation sites (tertiary alicyclic amines) is 2. The highest BCUT2D eigenvalue weighted by atomic mass is 16.2. The minimum absolute atomic E-state index is 0.125. The van der Waals surface area contributed by atoms with Gasteiger partial charge in [0.05, 0.1) is 6.42 Å². The number of hydrogen-bond acceptors (Lipinski definition) is 2. The van der Waals surface area contributed by atoms with E-state index < -0.39 is 0 Å². The fourth-order valence-electron chi connectivity index (χ4n) is 4.83. The standard InChI is InChI=1S/C23H32N2O2/c1-17-4-5-20(12-18(17)2)13-22(27)24-11-3-9-23(15-24)10-8-21(26)25(16-23)14-19-6-7-19/h4-5,12,19H,3,6-11,13-16H2,1-2H3/t23-/m1/s1. The van der Waals surface area contributed by atoms with Crippen molar-refractivity contribution in [3.63, 3.8) is 0 Å². The fraction of sp³-hybridized carbons (Fsp3) is 0.652. The number of benzene rings is 1. The van der Waals surface area contributed by atoms with Gasteiger partial charge in [-0.15, -0.1) is 0 Å². The van der Waals surface area contributed by atoms with Crippen molar-refractivity contribution in [3.05, 3.63) is 34.9 Å². The van der Waals surface area contributed by atoms with Crippen LogP contribution in [-0.2, 0) is 16.0 Å². The van der Waals surface area contributed by atoms with E-state index in [4.69, 9.17) is 0 Å². The van der Waals surface area contributed by atoms with E-state index in [0.29, 0.717) is 18.7 Å². The van der Waals surface area contributed by atoms with Crippen LogP contribution in [-0.4, -0.2) is 47.8 Å². The number of rotatable bonds is 4. The summed E-state index contributed by atoms with van der Waals surface area (Å²) >= 11 is 0. The van der Waals surface area contributed by atoms with Gasteiger partial charge in [-0.3, -0.25) is 9.59 Å². The lowest BCUT2D eigenvalue weighted by atomic mass is 9.73. The SMILES string of the molecule is Cc1ccc(CC(=O)N2CCC[C@@]3(CCC(=O)N(CC4CC4)C3)C2)cc1C. The number of carbonyl (C=O) groups is 2. The van der Waals surface area contributed by atoms with Gasteiger partial charge in [-0.05, 0) is 68.6 Å². The van der Waals surface area contributed by atoms with Crippen LogP contribution in [0.1, 0.15) is 55.2 Å². The van der Waals surface area contributed by atoms with Crippen LogP contribution in [0.15, 0.2) is 18.2 Å². The van der Waals surface area contributed by atoms with Gasteiger partial charge in [-0.2, -0.15) is 0 Å². The van der Waals surface area contributed by atoms with Crippen LogP contribution in [0.5, 0.6) is 0 Å². The number of hydrogen-bond donors (Lipinski definition) is 0. The van der Waals surface area contributed by atoms with E-state index in [1.807, 2.05) is 0 Å². The highest BCUT2D eigenvalue weighted by molar-refractivity contribution is 5.79. The van der Waals surface area contributed by atoms with E-state index in [1.165, 1.54) is 24.0 Å². The Kier molecular flexibility index (Phi) is 5.00. The molecule has 4 nitrogen and oxygen atoms in total. The molecular weight excluding hydrogens is 336 g/mol. The molecule has 1 aliphatic carbocycles. The third kappa shape index (κ3) is 4.20. The second-order valence-corrected chi connectivity index (χ2v) is 9.23. The highest BCUT2D eigenvalue weighted by Crippen LogP contribution is 2.40. The smallest absolute Gasteiger partial charge is 0.227 e. The highest BCUT2D eigenvalue weighted by Gasteiger charge is 2.43. The Morgan fingerprint density at radius 1 is 1.15 bits per heavy atom. The summed E-state index contributed by atoms with van der Waals surface area (Å²) in [5.74, 6) is 1.30. The minimum Gasteiger partial charge on any atom is -0.342 e. The quantitative estimate of drug-likeness (QED) is 0.816. The molecule has 27 heavy (non-hydrogen) atoms. The molecule has 0 unspecified atom stereocenters. The lowest BCUT2D eigenvalue weighted by Crippen LogP contribution is -2.55. The summed E-state index contributed by atoms with van der Waals surface area (Å²) in [6.45, 7) is 7.69. The summed E-state index contributed by atoms with van der Waals surface area (Å²) in [6.07, 6.45) is 6.85.